The molecule has 2 aromatic rings. The predicted molar refractivity (Wildman–Crippen MR) is 75.9 cm³/mol. The smallest absolute Gasteiger partial charge is 0.133 e. The maximum absolute atomic E-state index is 12.8. The Morgan fingerprint density at radius 3 is 2.65 bits per heavy atom. The van der Waals surface area contributed by atoms with Gasteiger partial charge >= 0.3 is 0 Å². The van der Waals surface area contributed by atoms with Crippen molar-refractivity contribution in [3.05, 3.63) is 59.8 Å². The fraction of sp³-hybridized carbons (Fsp3) is 0.375. The zero-order valence-electron chi connectivity index (χ0n) is 11.6. The zero-order chi connectivity index (χ0) is 14.4. The number of aliphatic hydroxyl groups is 1. The van der Waals surface area contributed by atoms with Gasteiger partial charge in [-0.25, -0.2) is 4.39 Å². The average molecular weight is 277 g/mol. The van der Waals surface area contributed by atoms with Crippen LogP contribution in [0.5, 0.6) is 0 Å². The summed E-state index contributed by atoms with van der Waals surface area (Å²) >= 11 is 0. The molecule has 0 aliphatic rings. The van der Waals surface area contributed by atoms with Crippen LogP contribution in [-0.2, 0) is 6.42 Å². The molecular formula is C16H20FNO2. The van der Waals surface area contributed by atoms with Crippen molar-refractivity contribution in [2.24, 2.45) is 0 Å². The first-order valence-corrected chi connectivity index (χ1v) is 6.84. The van der Waals surface area contributed by atoms with E-state index in [0.717, 1.165) is 18.4 Å². The Morgan fingerprint density at radius 2 is 2.00 bits per heavy atom. The number of hydrogen-bond acceptors (Lipinski definition) is 3. The molecule has 1 heterocycles. The van der Waals surface area contributed by atoms with Crippen molar-refractivity contribution in [1.82, 2.24) is 5.32 Å². The van der Waals surface area contributed by atoms with E-state index >= 15 is 0 Å². The van der Waals surface area contributed by atoms with Gasteiger partial charge in [0.25, 0.3) is 0 Å². The number of halogens is 1. The molecule has 108 valence electrons. The Labute approximate surface area is 118 Å². The molecule has 2 N–H and O–H groups in total. The van der Waals surface area contributed by atoms with Gasteiger partial charge in [0.15, 0.2) is 0 Å². The van der Waals surface area contributed by atoms with Crippen LogP contribution in [0.25, 0.3) is 0 Å². The van der Waals surface area contributed by atoms with Crippen molar-refractivity contribution in [1.29, 1.82) is 0 Å². The maximum Gasteiger partial charge on any atom is 0.133 e. The molecule has 0 aliphatic heterocycles. The van der Waals surface area contributed by atoms with Crippen LogP contribution in [0.1, 0.15) is 30.8 Å². The predicted octanol–water partition coefficient (Wildman–Crippen LogP) is 3.06. The van der Waals surface area contributed by atoms with Gasteiger partial charge in [-0.15, -0.1) is 0 Å². The van der Waals surface area contributed by atoms with Crippen molar-refractivity contribution in [3.8, 4) is 0 Å². The summed E-state index contributed by atoms with van der Waals surface area (Å²) in [6, 6.07) is 10.4. The molecule has 1 aromatic carbocycles. The highest BCUT2D eigenvalue weighted by Gasteiger charge is 2.11. The summed E-state index contributed by atoms with van der Waals surface area (Å²) in [4.78, 5) is 0. The van der Waals surface area contributed by atoms with Gasteiger partial charge in [-0.2, -0.15) is 0 Å². The van der Waals surface area contributed by atoms with Crippen molar-refractivity contribution >= 4 is 0 Å². The minimum Gasteiger partial charge on any atom is -0.467 e. The second-order valence-corrected chi connectivity index (χ2v) is 5.01. The van der Waals surface area contributed by atoms with Gasteiger partial charge in [0.05, 0.1) is 6.26 Å². The molecule has 1 aromatic heterocycles. The number of furan rings is 1. The molecule has 0 radical (unpaired) electrons. The first kappa shape index (κ1) is 14.8. The van der Waals surface area contributed by atoms with E-state index in [1.165, 1.54) is 12.1 Å². The molecule has 3 nitrogen and oxygen atoms in total. The molecule has 0 saturated heterocycles. The summed E-state index contributed by atoms with van der Waals surface area (Å²) in [5, 5.41) is 13.1. The van der Waals surface area contributed by atoms with E-state index in [1.807, 2.05) is 0 Å². The Kier molecular flexibility index (Phi) is 5.32. The van der Waals surface area contributed by atoms with Crippen molar-refractivity contribution < 1.29 is 13.9 Å². The number of rotatable bonds is 7. The summed E-state index contributed by atoms with van der Waals surface area (Å²) in [5.74, 6) is 0.365. The molecule has 2 atom stereocenters. The number of hydrogen-bond donors (Lipinski definition) is 2. The summed E-state index contributed by atoms with van der Waals surface area (Å²) < 4.78 is 17.9. The second kappa shape index (κ2) is 7.22. The number of aliphatic hydroxyl groups excluding tert-OH is 1. The highest BCUT2D eigenvalue weighted by Crippen LogP contribution is 2.12. The topological polar surface area (TPSA) is 45.4 Å². The first-order valence-electron chi connectivity index (χ1n) is 6.84. The number of nitrogens with one attached hydrogen (secondary N) is 1. The highest BCUT2D eigenvalue weighted by atomic mass is 19.1. The van der Waals surface area contributed by atoms with E-state index in [0.29, 0.717) is 12.3 Å². The van der Waals surface area contributed by atoms with Crippen molar-refractivity contribution in [2.45, 2.75) is 31.9 Å². The molecule has 20 heavy (non-hydrogen) atoms. The zero-order valence-corrected chi connectivity index (χ0v) is 11.6. The highest BCUT2D eigenvalue weighted by molar-refractivity contribution is 5.16. The van der Waals surface area contributed by atoms with Gasteiger partial charge in [0, 0.05) is 12.6 Å². The third-order valence-corrected chi connectivity index (χ3v) is 3.31. The third kappa shape index (κ3) is 4.47. The summed E-state index contributed by atoms with van der Waals surface area (Å²) in [6.07, 6.45) is 2.73. The SMILES string of the molecule is CC(CCc1ccc(F)cc1)NCC(O)c1ccco1. The van der Waals surface area contributed by atoms with E-state index in [1.54, 1.807) is 30.5 Å². The van der Waals surface area contributed by atoms with E-state index < -0.39 is 6.10 Å². The summed E-state index contributed by atoms with van der Waals surface area (Å²) in [7, 11) is 0. The molecule has 0 fully saturated rings. The molecular weight excluding hydrogens is 257 g/mol. The van der Waals surface area contributed by atoms with Crippen LogP contribution in [0, 0.1) is 5.82 Å². The van der Waals surface area contributed by atoms with Gasteiger partial charge in [-0.05, 0) is 49.6 Å². The van der Waals surface area contributed by atoms with E-state index in [2.05, 4.69) is 12.2 Å². The number of aryl methyl sites for hydroxylation is 1. The Bertz CT molecular complexity index is 496. The van der Waals surface area contributed by atoms with Crippen LogP contribution in [0.3, 0.4) is 0 Å². The van der Waals surface area contributed by atoms with Crippen LogP contribution in [0.2, 0.25) is 0 Å². The molecule has 2 rings (SSSR count). The molecule has 0 spiro atoms. The van der Waals surface area contributed by atoms with E-state index in [4.69, 9.17) is 4.42 Å². The molecule has 0 bridgehead atoms. The minimum absolute atomic E-state index is 0.207. The fourth-order valence-electron chi connectivity index (χ4n) is 2.03. The van der Waals surface area contributed by atoms with Gasteiger partial charge in [0.1, 0.15) is 17.7 Å². The lowest BCUT2D eigenvalue weighted by Gasteiger charge is -2.16. The van der Waals surface area contributed by atoms with Crippen LogP contribution < -0.4 is 5.32 Å². The van der Waals surface area contributed by atoms with Crippen LogP contribution >= 0.6 is 0 Å². The van der Waals surface area contributed by atoms with Gasteiger partial charge in [0.2, 0.25) is 0 Å². The van der Waals surface area contributed by atoms with Crippen LogP contribution in [0.15, 0.2) is 47.1 Å². The van der Waals surface area contributed by atoms with Crippen LogP contribution in [0.4, 0.5) is 4.39 Å². The lowest BCUT2D eigenvalue weighted by molar-refractivity contribution is 0.143. The van der Waals surface area contributed by atoms with Gasteiger partial charge < -0.3 is 14.8 Å². The third-order valence-electron chi connectivity index (χ3n) is 3.31. The monoisotopic (exact) mass is 277 g/mol. The Hall–Kier alpha value is -1.65. The average Bonchev–Trinajstić information content (AvgIpc) is 2.98. The van der Waals surface area contributed by atoms with E-state index in [-0.39, 0.29) is 11.9 Å². The largest absolute Gasteiger partial charge is 0.467 e. The molecule has 0 amide bonds. The maximum atomic E-state index is 12.8. The standard InChI is InChI=1S/C16H20FNO2/c1-12(4-5-13-6-8-14(17)9-7-13)18-11-15(19)16-3-2-10-20-16/h2-3,6-10,12,15,18-19H,4-5,11H2,1H3. The van der Waals surface area contributed by atoms with Crippen molar-refractivity contribution in [2.75, 3.05) is 6.54 Å². The lowest BCUT2D eigenvalue weighted by atomic mass is 10.1. The molecule has 0 saturated carbocycles. The molecule has 2 unspecified atom stereocenters. The minimum atomic E-state index is -0.627. The van der Waals surface area contributed by atoms with Crippen LogP contribution in [-0.4, -0.2) is 17.7 Å². The molecule has 4 heteroatoms. The Balaban J connectivity index is 1.70. The van der Waals surface area contributed by atoms with Crippen molar-refractivity contribution in [3.63, 3.8) is 0 Å². The normalized spacial score (nSPS) is 14.2. The molecule has 0 aliphatic carbocycles. The van der Waals surface area contributed by atoms with E-state index in [9.17, 15) is 9.50 Å². The quantitative estimate of drug-likeness (QED) is 0.817. The van der Waals surface area contributed by atoms with Gasteiger partial charge in [-0.3, -0.25) is 0 Å². The fourth-order valence-corrected chi connectivity index (χ4v) is 2.03. The number of benzene rings is 1. The Morgan fingerprint density at radius 1 is 1.25 bits per heavy atom. The lowest BCUT2D eigenvalue weighted by Crippen LogP contribution is -2.30. The summed E-state index contributed by atoms with van der Waals surface area (Å²) in [5.41, 5.74) is 1.12. The first-order chi connectivity index (χ1) is 9.65. The second-order valence-electron chi connectivity index (χ2n) is 5.01. The van der Waals surface area contributed by atoms with Gasteiger partial charge in [-0.1, -0.05) is 12.1 Å². The summed E-state index contributed by atoms with van der Waals surface area (Å²) in [6.45, 7) is 2.52.